The SMILES string of the molecule is O=C1NCCCOCc2nccc(n2)Nc2cc([nH]n2)[C@H]2CC[C@H](C2)O1. The average Bonchev–Trinajstić information content (AvgIpc) is 3.27. The van der Waals surface area contributed by atoms with Crippen LogP contribution in [0.1, 0.15) is 43.1 Å². The Balaban J connectivity index is 1.51. The third-order valence-electron chi connectivity index (χ3n) is 4.62. The second-order valence-electron chi connectivity index (χ2n) is 6.56. The second kappa shape index (κ2) is 7.69. The zero-order chi connectivity index (χ0) is 17.8. The van der Waals surface area contributed by atoms with E-state index in [4.69, 9.17) is 9.47 Å². The lowest BCUT2D eigenvalue weighted by Crippen LogP contribution is -2.29. The van der Waals surface area contributed by atoms with Crippen molar-refractivity contribution in [3.05, 3.63) is 29.8 Å². The molecule has 0 spiro atoms. The summed E-state index contributed by atoms with van der Waals surface area (Å²) < 4.78 is 11.1. The van der Waals surface area contributed by atoms with Crippen LogP contribution in [0.4, 0.5) is 16.4 Å². The molecule has 0 aromatic carbocycles. The molecule has 3 N–H and O–H groups in total. The number of nitrogens with zero attached hydrogens (tertiary/aromatic N) is 3. The number of carbonyl (C=O) groups excluding carboxylic acids is 1. The molecular weight excluding hydrogens is 336 g/mol. The number of alkyl carbamates (subject to hydrolysis) is 1. The average molecular weight is 358 g/mol. The normalized spacial score (nSPS) is 23.9. The number of nitrogens with one attached hydrogen (secondary N) is 3. The van der Waals surface area contributed by atoms with Crippen LogP contribution in [-0.2, 0) is 16.1 Å². The van der Waals surface area contributed by atoms with E-state index in [1.807, 2.05) is 6.07 Å². The van der Waals surface area contributed by atoms with Crippen molar-refractivity contribution in [3.8, 4) is 0 Å². The van der Waals surface area contributed by atoms with E-state index in [0.29, 0.717) is 49.6 Å². The number of H-pyrrole nitrogens is 1. The van der Waals surface area contributed by atoms with Gasteiger partial charge >= 0.3 is 6.09 Å². The van der Waals surface area contributed by atoms with Gasteiger partial charge in [-0.1, -0.05) is 0 Å². The lowest BCUT2D eigenvalue weighted by molar-refractivity contribution is 0.0951. The van der Waals surface area contributed by atoms with Crippen LogP contribution in [0.15, 0.2) is 18.3 Å². The Morgan fingerprint density at radius 2 is 2.19 bits per heavy atom. The summed E-state index contributed by atoms with van der Waals surface area (Å²) in [5.41, 5.74) is 1.04. The Labute approximate surface area is 150 Å². The Bertz CT molecular complexity index is 764. The molecular formula is C17H22N6O3. The Kier molecular flexibility index (Phi) is 4.96. The van der Waals surface area contributed by atoms with E-state index >= 15 is 0 Å². The van der Waals surface area contributed by atoms with Gasteiger partial charge < -0.3 is 20.1 Å². The molecule has 1 fully saturated rings. The summed E-state index contributed by atoms with van der Waals surface area (Å²) in [7, 11) is 0. The standard InChI is InChI=1S/C17H22N6O3/c24-17-19-5-1-7-25-10-16-18-6-4-14(21-16)20-15-9-13(22-23-15)11-2-3-12(8-11)26-17/h4,6,9,11-12H,1-3,5,7-8,10H2,(H,19,24)(H2,18,20,21,22,23)/t11-,12+/m0/s1. The lowest BCUT2D eigenvalue weighted by atomic mass is 10.0. The third kappa shape index (κ3) is 4.10. The molecule has 2 aromatic heterocycles. The Morgan fingerprint density at radius 3 is 3.15 bits per heavy atom. The maximum Gasteiger partial charge on any atom is 0.407 e. The van der Waals surface area contributed by atoms with Crippen molar-refractivity contribution in [1.82, 2.24) is 25.5 Å². The van der Waals surface area contributed by atoms with Crippen LogP contribution < -0.4 is 10.6 Å². The first-order valence-corrected chi connectivity index (χ1v) is 8.93. The van der Waals surface area contributed by atoms with Gasteiger partial charge in [0.1, 0.15) is 18.5 Å². The summed E-state index contributed by atoms with van der Waals surface area (Å²) in [6.45, 7) is 1.34. The monoisotopic (exact) mass is 358 g/mol. The van der Waals surface area contributed by atoms with Crippen LogP contribution >= 0.6 is 0 Å². The molecule has 26 heavy (non-hydrogen) atoms. The zero-order valence-electron chi connectivity index (χ0n) is 14.4. The maximum absolute atomic E-state index is 11.9. The molecule has 9 nitrogen and oxygen atoms in total. The molecule has 1 aliphatic heterocycles. The van der Waals surface area contributed by atoms with E-state index in [9.17, 15) is 4.79 Å². The number of hydrogen-bond donors (Lipinski definition) is 3. The smallest absolute Gasteiger partial charge is 0.407 e. The van der Waals surface area contributed by atoms with E-state index in [-0.39, 0.29) is 12.2 Å². The number of aromatic amines is 1. The second-order valence-corrected chi connectivity index (χ2v) is 6.56. The minimum atomic E-state index is -0.361. The molecule has 9 heteroatoms. The van der Waals surface area contributed by atoms with Crippen LogP contribution in [0.3, 0.4) is 0 Å². The number of fused-ring (bicyclic) bond motifs is 7. The van der Waals surface area contributed by atoms with Crippen molar-refractivity contribution in [1.29, 1.82) is 0 Å². The van der Waals surface area contributed by atoms with Crippen molar-refractivity contribution in [2.45, 2.75) is 44.3 Å². The van der Waals surface area contributed by atoms with Crippen LogP contribution in [0.25, 0.3) is 0 Å². The van der Waals surface area contributed by atoms with E-state index in [2.05, 4.69) is 30.8 Å². The molecule has 0 saturated heterocycles. The van der Waals surface area contributed by atoms with E-state index in [0.717, 1.165) is 25.0 Å². The molecule has 1 amide bonds. The Hall–Kier alpha value is -2.68. The fraction of sp³-hybridized carbons (Fsp3) is 0.529. The van der Waals surface area contributed by atoms with Gasteiger partial charge in [-0.15, -0.1) is 0 Å². The number of carbonyl (C=O) groups is 1. The quantitative estimate of drug-likeness (QED) is 0.661. The van der Waals surface area contributed by atoms with Gasteiger partial charge in [-0.2, -0.15) is 5.10 Å². The van der Waals surface area contributed by atoms with Crippen LogP contribution in [-0.4, -0.2) is 45.5 Å². The topological polar surface area (TPSA) is 114 Å². The fourth-order valence-electron chi connectivity index (χ4n) is 3.33. The fourth-order valence-corrected chi connectivity index (χ4v) is 3.33. The van der Waals surface area contributed by atoms with Crippen LogP contribution in [0, 0.1) is 0 Å². The molecule has 1 saturated carbocycles. The number of rotatable bonds is 0. The molecule has 0 unspecified atom stereocenters. The maximum atomic E-state index is 11.9. The van der Waals surface area contributed by atoms with Crippen molar-refractivity contribution in [3.63, 3.8) is 0 Å². The molecule has 2 atom stereocenters. The summed E-state index contributed by atoms with van der Waals surface area (Å²) in [4.78, 5) is 20.5. The van der Waals surface area contributed by atoms with Crippen LogP contribution in [0.2, 0.25) is 0 Å². The summed E-state index contributed by atoms with van der Waals surface area (Å²) in [5.74, 6) is 2.29. The highest BCUT2D eigenvalue weighted by Crippen LogP contribution is 2.36. The molecule has 1 aliphatic carbocycles. The minimum absolute atomic E-state index is 0.0562. The molecule has 3 heterocycles. The predicted molar refractivity (Wildman–Crippen MR) is 93.0 cm³/mol. The highest BCUT2D eigenvalue weighted by atomic mass is 16.6. The Morgan fingerprint density at radius 1 is 1.23 bits per heavy atom. The molecule has 6 bridgehead atoms. The van der Waals surface area contributed by atoms with Crippen molar-refractivity contribution < 1.29 is 14.3 Å². The molecule has 138 valence electrons. The molecule has 2 aromatic rings. The number of anilines is 2. The van der Waals surface area contributed by atoms with Crippen LogP contribution in [0.5, 0.6) is 0 Å². The highest BCUT2D eigenvalue weighted by Gasteiger charge is 2.29. The van der Waals surface area contributed by atoms with E-state index in [1.54, 1.807) is 12.3 Å². The summed E-state index contributed by atoms with van der Waals surface area (Å²) in [6.07, 6.45) is 4.60. The first kappa shape index (κ1) is 16.8. The highest BCUT2D eigenvalue weighted by molar-refractivity contribution is 5.67. The first-order valence-electron chi connectivity index (χ1n) is 8.93. The first-order chi connectivity index (χ1) is 12.8. The van der Waals surface area contributed by atoms with Crippen molar-refractivity contribution in [2.24, 2.45) is 0 Å². The molecule has 0 radical (unpaired) electrons. The van der Waals surface area contributed by atoms with Gasteiger partial charge in [0, 0.05) is 37.0 Å². The molecule has 4 rings (SSSR count). The minimum Gasteiger partial charge on any atom is -0.446 e. The van der Waals surface area contributed by atoms with Crippen molar-refractivity contribution in [2.75, 3.05) is 18.5 Å². The van der Waals surface area contributed by atoms with Gasteiger partial charge in [-0.25, -0.2) is 14.8 Å². The van der Waals surface area contributed by atoms with E-state index < -0.39 is 0 Å². The van der Waals surface area contributed by atoms with Crippen molar-refractivity contribution >= 4 is 17.7 Å². The lowest BCUT2D eigenvalue weighted by Gasteiger charge is -2.13. The largest absolute Gasteiger partial charge is 0.446 e. The summed E-state index contributed by atoms with van der Waals surface area (Å²) in [6, 6.07) is 3.78. The summed E-state index contributed by atoms with van der Waals surface area (Å²) in [5, 5.41) is 13.4. The number of ether oxygens (including phenoxy) is 2. The van der Waals surface area contributed by atoms with Gasteiger partial charge in [0.15, 0.2) is 11.6 Å². The predicted octanol–water partition coefficient (Wildman–Crippen LogP) is 2.23. The number of hydrogen-bond acceptors (Lipinski definition) is 7. The van der Waals surface area contributed by atoms with Gasteiger partial charge in [-0.3, -0.25) is 5.10 Å². The summed E-state index contributed by atoms with van der Waals surface area (Å²) >= 11 is 0. The van der Waals surface area contributed by atoms with Gasteiger partial charge in [0.2, 0.25) is 0 Å². The third-order valence-corrected chi connectivity index (χ3v) is 4.62. The molecule has 2 aliphatic rings. The van der Waals surface area contributed by atoms with Gasteiger partial charge in [0.25, 0.3) is 0 Å². The number of aromatic nitrogens is 4. The van der Waals surface area contributed by atoms with Gasteiger partial charge in [0.05, 0.1) is 0 Å². The zero-order valence-corrected chi connectivity index (χ0v) is 14.4. The van der Waals surface area contributed by atoms with E-state index in [1.165, 1.54) is 0 Å². The number of amides is 1. The van der Waals surface area contributed by atoms with Gasteiger partial charge in [-0.05, 0) is 31.7 Å².